The molecule has 0 saturated heterocycles. The highest BCUT2D eigenvalue weighted by molar-refractivity contribution is 5.70. The van der Waals surface area contributed by atoms with Crippen LogP contribution in [0.25, 0.3) is 22.3 Å². The van der Waals surface area contributed by atoms with Gasteiger partial charge in [0.15, 0.2) is 0 Å². The highest BCUT2D eigenvalue weighted by Crippen LogP contribution is 2.33. The van der Waals surface area contributed by atoms with Gasteiger partial charge in [-0.2, -0.15) is 0 Å². The zero-order valence-corrected chi connectivity index (χ0v) is 23.6. The lowest BCUT2D eigenvalue weighted by Crippen LogP contribution is -1.90. The zero-order valence-electron chi connectivity index (χ0n) is 23.6. The van der Waals surface area contributed by atoms with Crippen molar-refractivity contribution in [3.8, 4) is 33.8 Å². The van der Waals surface area contributed by atoms with Crippen molar-refractivity contribution in [2.45, 2.75) is 69.2 Å². The molecule has 0 fully saturated rings. The third-order valence-electron chi connectivity index (χ3n) is 4.82. The predicted octanol–water partition coefficient (Wildman–Crippen LogP) is 11.5. The summed E-state index contributed by atoms with van der Waals surface area (Å²) < 4.78 is 6.21. The van der Waals surface area contributed by atoms with Gasteiger partial charge in [-0.25, -0.2) is 0 Å². The maximum Gasteiger partial charge on any atom is 0.128 e. The van der Waals surface area contributed by atoms with E-state index in [0.717, 1.165) is 11.5 Å². The van der Waals surface area contributed by atoms with E-state index in [2.05, 4.69) is 86.6 Å². The van der Waals surface area contributed by atoms with Crippen LogP contribution in [0.1, 0.15) is 66.5 Å². The minimum absolute atomic E-state index is 0.849. The molecule has 0 radical (unpaired) electrons. The average Bonchev–Trinajstić information content (AvgIpc) is 2.96. The van der Waals surface area contributed by atoms with Crippen LogP contribution in [0.3, 0.4) is 0 Å². The number of hydrogen-bond acceptors (Lipinski definition) is 1. The molecule has 0 heterocycles. The van der Waals surface area contributed by atoms with E-state index in [0.29, 0.717) is 0 Å². The lowest BCUT2D eigenvalue weighted by atomic mass is 10.00. The highest BCUT2D eigenvalue weighted by atomic mass is 16.5. The molecule has 0 spiro atoms. The average molecular weight is 471 g/mol. The highest BCUT2D eigenvalue weighted by Gasteiger charge is 2.07. The molecule has 0 aliphatic carbocycles. The molecule has 1 heteroatoms. The van der Waals surface area contributed by atoms with Gasteiger partial charge in [-0.1, -0.05) is 128 Å². The van der Waals surface area contributed by atoms with Crippen LogP contribution in [0.5, 0.6) is 11.5 Å². The van der Waals surface area contributed by atoms with Crippen LogP contribution in [0.2, 0.25) is 0 Å². The molecule has 4 aromatic carbocycles. The van der Waals surface area contributed by atoms with E-state index in [1.807, 2.05) is 79.7 Å². The maximum absolute atomic E-state index is 6.21. The zero-order chi connectivity index (χ0) is 26.6. The minimum atomic E-state index is 0.849. The van der Waals surface area contributed by atoms with Crippen LogP contribution >= 0.6 is 0 Å². The number of rotatable bonds is 4. The summed E-state index contributed by atoms with van der Waals surface area (Å²) in [6.07, 6.45) is 0. The molecule has 188 valence electrons. The summed E-state index contributed by atoms with van der Waals surface area (Å²) in [6, 6.07) is 33.4. The molecule has 1 nitrogen and oxygen atoms in total. The monoisotopic (exact) mass is 470 g/mol. The van der Waals surface area contributed by atoms with Crippen LogP contribution in [0.4, 0.5) is 0 Å². The summed E-state index contributed by atoms with van der Waals surface area (Å²) >= 11 is 0. The number of aryl methyl sites for hydroxylation is 2. The van der Waals surface area contributed by atoms with E-state index < -0.39 is 0 Å². The Labute approximate surface area is 215 Å². The van der Waals surface area contributed by atoms with Crippen molar-refractivity contribution in [1.29, 1.82) is 0 Å². The van der Waals surface area contributed by atoms with Crippen LogP contribution in [-0.2, 0) is 0 Å². The number of ether oxygens (including phenoxy) is 1. The second kappa shape index (κ2) is 19.0. The molecular weight excluding hydrogens is 424 g/mol. The molecule has 35 heavy (non-hydrogen) atoms. The second-order valence-electron chi connectivity index (χ2n) is 6.79. The first kappa shape index (κ1) is 31.7. The van der Waals surface area contributed by atoms with Crippen molar-refractivity contribution in [3.63, 3.8) is 0 Å². The Kier molecular flexibility index (Phi) is 17.2. The molecule has 0 aliphatic rings. The SMILES string of the molecule is CC.CC.CC.CC.Cc1ccc(Oc2ccc(C)c(-c3ccccc3)c2)cc1-c1ccccc1. The minimum Gasteiger partial charge on any atom is -0.457 e. The molecule has 0 bridgehead atoms. The molecular formula is C34H46O. The van der Waals surface area contributed by atoms with Crippen molar-refractivity contribution in [3.05, 3.63) is 108 Å². The van der Waals surface area contributed by atoms with Crippen molar-refractivity contribution < 1.29 is 4.74 Å². The maximum atomic E-state index is 6.21. The van der Waals surface area contributed by atoms with Gasteiger partial charge in [0.05, 0.1) is 0 Å². The van der Waals surface area contributed by atoms with Gasteiger partial charge in [-0.15, -0.1) is 0 Å². The molecule has 4 aromatic rings. The van der Waals surface area contributed by atoms with Crippen molar-refractivity contribution >= 4 is 0 Å². The van der Waals surface area contributed by atoms with Crippen LogP contribution in [0.15, 0.2) is 97.1 Å². The standard InChI is InChI=1S/C26H22O.4C2H6/c1-19-13-15-23(17-25(19)21-9-5-3-6-10-21)27-24-16-14-20(2)26(18-24)22-11-7-4-8-12-22;4*1-2/h3-18H,1-2H3;4*1-2H3. The normalized spacial score (nSPS) is 8.86. The Morgan fingerprint density at radius 1 is 0.400 bits per heavy atom. The third kappa shape index (κ3) is 9.83. The predicted molar refractivity (Wildman–Crippen MR) is 159 cm³/mol. The molecule has 0 N–H and O–H groups in total. The Balaban J connectivity index is 0.00000132. The van der Waals surface area contributed by atoms with Crippen molar-refractivity contribution in [2.24, 2.45) is 0 Å². The fraction of sp³-hybridized carbons (Fsp3) is 0.294. The van der Waals surface area contributed by atoms with E-state index in [4.69, 9.17) is 4.74 Å². The molecule has 0 amide bonds. The fourth-order valence-corrected chi connectivity index (χ4v) is 3.32. The topological polar surface area (TPSA) is 9.23 Å². The molecule has 0 aromatic heterocycles. The Morgan fingerprint density at radius 2 is 0.714 bits per heavy atom. The Hall–Kier alpha value is -3.32. The van der Waals surface area contributed by atoms with E-state index in [1.54, 1.807) is 0 Å². The molecule has 4 rings (SSSR count). The first-order chi connectivity index (χ1) is 17.2. The van der Waals surface area contributed by atoms with Gasteiger partial charge in [-0.3, -0.25) is 0 Å². The molecule has 0 atom stereocenters. The van der Waals surface area contributed by atoms with Crippen LogP contribution < -0.4 is 4.74 Å². The van der Waals surface area contributed by atoms with Gasteiger partial charge >= 0.3 is 0 Å². The first-order valence-corrected chi connectivity index (χ1v) is 13.2. The summed E-state index contributed by atoms with van der Waals surface area (Å²) in [7, 11) is 0. The van der Waals surface area contributed by atoms with E-state index in [-0.39, 0.29) is 0 Å². The van der Waals surface area contributed by atoms with E-state index in [1.165, 1.54) is 33.4 Å². The largest absolute Gasteiger partial charge is 0.457 e. The smallest absolute Gasteiger partial charge is 0.128 e. The Morgan fingerprint density at radius 3 is 1.03 bits per heavy atom. The van der Waals surface area contributed by atoms with E-state index >= 15 is 0 Å². The summed E-state index contributed by atoms with van der Waals surface area (Å²) in [5.74, 6) is 1.70. The summed E-state index contributed by atoms with van der Waals surface area (Å²) in [5, 5.41) is 0. The van der Waals surface area contributed by atoms with Gasteiger partial charge in [-0.05, 0) is 71.5 Å². The van der Waals surface area contributed by atoms with Gasteiger partial charge in [0.2, 0.25) is 0 Å². The van der Waals surface area contributed by atoms with Crippen molar-refractivity contribution in [1.82, 2.24) is 0 Å². The molecule has 0 unspecified atom stereocenters. The van der Waals surface area contributed by atoms with Crippen molar-refractivity contribution in [2.75, 3.05) is 0 Å². The second-order valence-corrected chi connectivity index (χ2v) is 6.79. The summed E-state index contributed by atoms with van der Waals surface area (Å²) in [4.78, 5) is 0. The molecule has 0 aliphatic heterocycles. The van der Waals surface area contributed by atoms with E-state index in [9.17, 15) is 0 Å². The lowest BCUT2D eigenvalue weighted by molar-refractivity contribution is 0.483. The fourth-order valence-electron chi connectivity index (χ4n) is 3.32. The first-order valence-electron chi connectivity index (χ1n) is 13.2. The number of benzene rings is 4. The van der Waals surface area contributed by atoms with Gasteiger partial charge in [0, 0.05) is 0 Å². The number of hydrogen-bond donors (Lipinski definition) is 0. The van der Waals surface area contributed by atoms with Gasteiger partial charge in [0.25, 0.3) is 0 Å². The Bertz CT molecular complexity index is 963. The summed E-state index contributed by atoms with van der Waals surface area (Å²) in [6.45, 7) is 20.3. The quantitative estimate of drug-likeness (QED) is 0.288. The van der Waals surface area contributed by atoms with Crippen LogP contribution in [-0.4, -0.2) is 0 Å². The summed E-state index contributed by atoms with van der Waals surface area (Å²) in [5.41, 5.74) is 7.28. The van der Waals surface area contributed by atoms with Gasteiger partial charge < -0.3 is 4.74 Å². The van der Waals surface area contributed by atoms with Gasteiger partial charge in [0.1, 0.15) is 11.5 Å². The third-order valence-corrected chi connectivity index (χ3v) is 4.82. The lowest BCUT2D eigenvalue weighted by Gasteiger charge is -2.13. The molecule has 0 saturated carbocycles. The van der Waals surface area contributed by atoms with Crippen LogP contribution in [0, 0.1) is 13.8 Å².